The van der Waals surface area contributed by atoms with Gasteiger partial charge in [0.05, 0.1) is 11.6 Å². The molecule has 0 fully saturated rings. The fourth-order valence-corrected chi connectivity index (χ4v) is 5.24. The van der Waals surface area contributed by atoms with Crippen molar-refractivity contribution in [3.8, 4) is 5.75 Å². The summed E-state index contributed by atoms with van der Waals surface area (Å²) in [4.78, 5) is 55.0. The molecule has 10 heteroatoms. The lowest BCUT2D eigenvalue weighted by Crippen LogP contribution is -2.51. The zero-order valence-electron chi connectivity index (χ0n) is 26.1. The van der Waals surface area contributed by atoms with Gasteiger partial charge in [0.1, 0.15) is 30.3 Å². The van der Waals surface area contributed by atoms with E-state index in [2.05, 4.69) is 16.0 Å². The molecule has 0 spiro atoms. The van der Waals surface area contributed by atoms with Crippen molar-refractivity contribution in [3.05, 3.63) is 101 Å². The third kappa shape index (κ3) is 8.90. The molecule has 0 saturated heterocycles. The second-order valence-corrected chi connectivity index (χ2v) is 12.1. The first-order valence-electron chi connectivity index (χ1n) is 15.1. The van der Waals surface area contributed by atoms with E-state index < -0.39 is 41.3 Å². The van der Waals surface area contributed by atoms with Crippen molar-refractivity contribution < 1.29 is 28.3 Å². The molecule has 0 unspecified atom stereocenters. The molecule has 3 atom stereocenters. The Hall–Kier alpha value is -4.73. The number of carbonyl (C=O) groups excluding carboxylic acids is 4. The minimum Gasteiger partial charge on any atom is -0.491 e. The Morgan fingerprint density at radius 2 is 1.64 bits per heavy atom. The highest BCUT2D eigenvalue weighted by molar-refractivity contribution is 6.00. The number of nitrogens with zero attached hydrogens (tertiary/aromatic N) is 1. The SMILES string of the molecule is C[C@@H]1NC(=O)CC[C@@H](C(=O)NCC(C)(C)c2ccc(F)cc2)NC(=O)c2ccccc2OC[C@@H](Cc2ccccc2)N(C)C1=O. The van der Waals surface area contributed by atoms with E-state index in [1.165, 1.54) is 12.1 Å². The number of nitrogens with one attached hydrogen (secondary N) is 3. The Kier molecular flexibility index (Phi) is 10.9. The molecule has 1 heterocycles. The predicted molar refractivity (Wildman–Crippen MR) is 169 cm³/mol. The van der Waals surface area contributed by atoms with Gasteiger partial charge in [-0.3, -0.25) is 19.2 Å². The van der Waals surface area contributed by atoms with Crippen molar-refractivity contribution in [2.45, 2.75) is 63.6 Å². The summed E-state index contributed by atoms with van der Waals surface area (Å²) in [5, 5.41) is 8.42. The minimum absolute atomic E-state index is 0.00319. The number of para-hydroxylation sites is 1. The van der Waals surface area contributed by atoms with Crippen molar-refractivity contribution >= 4 is 23.6 Å². The molecule has 0 bridgehead atoms. The van der Waals surface area contributed by atoms with Crippen LogP contribution < -0.4 is 20.7 Å². The second kappa shape index (κ2) is 14.8. The molecule has 0 radical (unpaired) electrons. The first-order valence-corrected chi connectivity index (χ1v) is 15.1. The quantitative estimate of drug-likeness (QED) is 0.390. The maximum Gasteiger partial charge on any atom is 0.255 e. The van der Waals surface area contributed by atoms with E-state index in [-0.39, 0.29) is 43.3 Å². The third-order valence-corrected chi connectivity index (χ3v) is 8.13. The van der Waals surface area contributed by atoms with Crippen LogP contribution in [0.25, 0.3) is 0 Å². The first kappa shape index (κ1) is 33.2. The molecule has 0 saturated carbocycles. The highest BCUT2D eigenvalue weighted by atomic mass is 19.1. The molecule has 1 aliphatic heterocycles. The van der Waals surface area contributed by atoms with Crippen LogP contribution in [0.1, 0.15) is 55.1 Å². The van der Waals surface area contributed by atoms with Crippen LogP contribution in [0.5, 0.6) is 5.75 Å². The summed E-state index contributed by atoms with van der Waals surface area (Å²) in [6.07, 6.45) is 0.387. The molecule has 3 N–H and O–H groups in total. The summed E-state index contributed by atoms with van der Waals surface area (Å²) in [5.74, 6) is -1.76. The van der Waals surface area contributed by atoms with Gasteiger partial charge in [-0.25, -0.2) is 4.39 Å². The van der Waals surface area contributed by atoms with Gasteiger partial charge in [0.15, 0.2) is 0 Å². The average Bonchev–Trinajstić information content (AvgIpc) is 3.03. The van der Waals surface area contributed by atoms with E-state index in [9.17, 15) is 23.6 Å². The van der Waals surface area contributed by atoms with Gasteiger partial charge < -0.3 is 25.6 Å². The van der Waals surface area contributed by atoms with Gasteiger partial charge in [0, 0.05) is 25.4 Å². The standard InChI is InChI=1S/C35H41FN4O5/c1-23-34(44)40(4)27(20-24-10-6-5-7-11-24)21-45-30-13-9-8-12-28(30)32(42)39-29(18-19-31(41)38-23)33(43)37-22-35(2,3)25-14-16-26(36)17-15-25/h5-17,23,27,29H,18-22H2,1-4H3,(H,37,43)(H,38,41)(H,39,42)/t23-,27+,29-/m0/s1. The van der Waals surface area contributed by atoms with Crippen molar-refractivity contribution in [3.63, 3.8) is 0 Å². The normalized spacial score (nSPS) is 20.1. The fourth-order valence-electron chi connectivity index (χ4n) is 5.24. The molecule has 3 aromatic rings. The lowest BCUT2D eigenvalue weighted by atomic mass is 9.84. The largest absolute Gasteiger partial charge is 0.491 e. The van der Waals surface area contributed by atoms with Gasteiger partial charge in [-0.15, -0.1) is 0 Å². The smallest absolute Gasteiger partial charge is 0.255 e. The molecular formula is C35H41FN4O5. The van der Waals surface area contributed by atoms with Crippen molar-refractivity contribution in [2.24, 2.45) is 0 Å². The third-order valence-electron chi connectivity index (χ3n) is 8.13. The van der Waals surface area contributed by atoms with Crippen LogP contribution in [0.2, 0.25) is 0 Å². The van der Waals surface area contributed by atoms with Crippen molar-refractivity contribution in [2.75, 3.05) is 20.2 Å². The van der Waals surface area contributed by atoms with Crippen LogP contribution in [-0.4, -0.2) is 66.9 Å². The molecule has 4 rings (SSSR count). The fraction of sp³-hybridized carbons (Fsp3) is 0.371. The number of carbonyl (C=O) groups is 4. The maximum atomic E-state index is 13.6. The number of likely N-dealkylation sites (N-methyl/N-ethyl adjacent to an activating group) is 1. The van der Waals surface area contributed by atoms with E-state index in [1.54, 1.807) is 55.3 Å². The van der Waals surface area contributed by atoms with E-state index >= 15 is 0 Å². The first-order chi connectivity index (χ1) is 21.4. The summed E-state index contributed by atoms with van der Waals surface area (Å²) in [5.41, 5.74) is 1.52. The van der Waals surface area contributed by atoms with Crippen LogP contribution in [0, 0.1) is 5.82 Å². The van der Waals surface area contributed by atoms with Crippen LogP contribution in [-0.2, 0) is 26.2 Å². The number of ether oxygens (including phenoxy) is 1. The number of fused-ring (bicyclic) bond motifs is 1. The zero-order chi connectivity index (χ0) is 32.6. The zero-order valence-corrected chi connectivity index (χ0v) is 26.1. The van der Waals surface area contributed by atoms with Gasteiger partial charge in [-0.05, 0) is 55.2 Å². The Balaban J connectivity index is 1.57. The Bertz CT molecular complexity index is 1500. The van der Waals surface area contributed by atoms with Crippen LogP contribution >= 0.6 is 0 Å². The van der Waals surface area contributed by atoms with Gasteiger partial charge >= 0.3 is 0 Å². The van der Waals surface area contributed by atoms with E-state index in [0.717, 1.165) is 11.1 Å². The number of rotatable bonds is 6. The molecule has 238 valence electrons. The summed E-state index contributed by atoms with van der Waals surface area (Å²) in [6.45, 7) is 5.74. The van der Waals surface area contributed by atoms with E-state index in [4.69, 9.17) is 4.74 Å². The lowest BCUT2D eigenvalue weighted by molar-refractivity contribution is -0.137. The molecule has 0 aromatic heterocycles. The van der Waals surface area contributed by atoms with Gasteiger partial charge in [-0.2, -0.15) is 0 Å². The Morgan fingerprint density at radius 1 is 0.978 bits per heavy atom. The Morgan fingerprint density at radius 3 is 2.36 bits per heavy atom. The molecule has 9 nitrogen and oxygen atoms in total. The maximum absolute atomic E-state index is 13.6. The van der Waals surface area contributed by atoms with E-state index in [1.807, 2.05) is 44.2 Å². The molecule has 0 aliphatic carbocycles. The second-order valence-electron chi connectivity index (χ2n) is 12.1. The Labute approximate surface area is 263 Å². The summed E-state index contributed by atoms with van der Waals surface area (Å²) >= 11 is 0. The number of amides is 4. The monoisotopic (exact) mass is 616 g/mol. The number of halogens is 1. The van der Waals surface area contributed by atoms with Gasteiger partial charge in [-0.1, -0.05) is 68.4 Å². The summed E-state index contributed by atoms with van der Waals surface area (Å²) < 4.78 is 19.6. The minimum atomic E-state index is -1.05. The summed E-state index contributed by atoms with van der Waals surface area (Å²) in [6, 6.07) is 20.2. The predicted octanol–water partition coefficient (Wildman–Crippen LogP) is 3.77. The van der Waals surface area contributed by atoms with Gasteiger partial charge in [0.25, 0.3) is 5.91 Å². The molecule has 3 aromatic carbocycles. The van der Waals surface area contributed by atoms with Crippen LogP contribution in [0.15, 0.2) is 78.9 Å². The van der Waals surface area contributed by atoms with Crippen molar-refractivity contribution in [1.29, 1.82) is 0 Å². The molecule has 4 amide bonds. The molecule has 1 aliphatic rings. The lowest BCUT2D eigenvalue weighted by Gasteiger charge is -2.31. The van der Waals surface area contributed by atoms with Gasteiger partial charge in [0.2, 0.25) is 17.7 Å². The molecular weight excluding hydrogens is 575 g/mol. The number of benzene rings is 3. The number of hydrogen-bond donors (Lipinski definition) is 3. The van der Waals surface area contributed by atoms with Crippen LogP contribution in [0.4, 0.5) is 4.39 Å². The number of hydrogen-bond acceptors (Lipinski definition) is 5. The average molecular weight is 617 g/mol. The highest BCUT2D eigenvalue weighted by Gasteiger charge is 2.30. The topological polar surface area (TPSA) is 117 Å². The summed E-state index contributed by atoms with van der Waals surface area (Å²) in [7, 11) is 1.67. The van der Waals surface area contributed by atoms with E-state index in [0.29, 0.717) is 12.2 Å². The molecule has 45 heavy (non-hydrogen) atoms. The van der Waals surface area contributed by atoms with Crippen LogP contribution in [0.3, 0.4) is 0 Å². The van der Waals surface area contributed by atoms with Crippen molar-refractivity contribution in [1.82, 2.24) is 20.9 Å². The highest BCUT2D eigenvalue weighted by Crippen LogP contribution is 2.23.